The zero-order chi connectivity index (χ0) is 20.6. The molecular formula is C24H32N2O3. The summed E-state index contributed by atoms with van der Waals surface area (Å²) in [7, 11) is 0. The molecule has 29 heavy (non-hydrogen) atoms. The normalized spacial score (nSPS) is 14.3. The molecule has 156 valence electrons. The van der Waals surface area contributed by atoms with Crippen molar-refractivity contribution < 1.29 is 14.3 Å². The first-order valence-electron chi connectivity index (χ1n) is 10.5. The summed E-state index contributed by atoms with van der Waals surface area (Å²) < 4.78 is 11.5. The Bertz CT molecular complexity index is 792. The maximum atomic E-state index is 13.0. The average Bonchev–Trinajstić information content (AvgIpc) is 2.92. The van der Waals surface area contributed by atoms with Crippen LogP contribution in [0.2, 0.25) is 0 Å². The number of hydrogen-bond acceptors (Lipinski definition) is 4. The quantitative estimate of drug-likeness (QED) is 0.737. The highest BCUT2D eigenvalue weighted by atomic mass is 16.5. The van der Waals surface area contributed by atoms with Crippen LogP contribution in [0.4, 0.5) is 0 Å². The Hall–Kier alpha value is -2.53. The van der Waals surface area contributed by atoms with Gasteiger partial charge in [-0.2, -0.15) is 0 Å². The van der Waals surface area contributed by atoms with Crippen LogP contribution in [-0.4, -0.2) is 36.6 Å². The molecule has 2 N–H and O–H groups in total. The first kappa shape index (κ1) is 21.2. The molecule has 1 amide bonds. The zero-order valence-corrected chi connectivity index (χ0v) is 17.5. The summed E-state index contributed by atoms with van der Waals surface area (Å²) in [5, 5.41) is 0. The monoisotopic (exact) mass is 396 g/mol. The Labute approximate surface area is 173 Å². The van der Waals surface area contributed by atoms with E-state index >= 15 is 0 Å². The molecule has 0 bridgehead atoms. The predicted molar refractivity (Wildman–Crippen MR) is 115 cm³/mol. The van der Waals surface area contributed by atoms with E-state index in [2.05, 4.69) is 13.8 Å². The van der Waals surface area contributed by atoms with E-state index in [-0.39, 0.29) is 11.9 Å². The first-order valence-corrected chi connectivity index (χ1v) is 10.5. The summed E-state index contributed by atoms with van der Waals surface area (Å²) in [5.41, 5.74) is 8.49. The van der Waals surface area contributed by atoms with Crippen LogP contribution in [0.3, 0.4) is 0 Å². The van der Waals surface area contributed by atoms with Gasteiger partial charge in [-0.3, -0.25) is 4.79 Å². The molecule has 0 aromatic heterocycles. The maximum Gasteiger partial charge on any atom is 0.224 e. The third kappa shape index (κ3) is 6.50. The van der Waals surface area contributed by atoms with Crippen molar-refractivity contribution in [2.24, 2.45) is 11.7 Å². The molecule has 5 heteroatoms. The molecule has 0 saturated carbocycles. The number of rotatable bonds is 8. The standard InChI is InChI=1S/C24H32N2O3/c1-18(2)16-26(24(27)15-21(25)13-19-7-4-3-5-8-19)17-20-9-10-22-23(14-20)29-12-6-11-28-22/h3-5,7-10,14,18,21H,6,11-13,15-17,25H2,1-2H3. The second-order valence-electron chi connectivity index (χ2n) is 8.15. The molecule has 1 aliphatic heterocycles. The largest absolute Gasteiger partial charge is 0.490 e. The van der Waals surface area contributed by atoms with Crippen molar-refractivity contribution in [3.05, 3.63) is 59.7 Å². The summed E-state index contributed by atoms with van der Waals surface area (Å²) in [6.45, 7) is 6.82. The van der Waals surface area contributed by atoms with Gasteiger partial charge in [0.1, 0.15) is 0 Å². The van der Waals surface area contributed by atoms with Gasteiger partial charge in [0.15, 0.2) is 11.5 Å². The van der Waals surface area contributed by atoms with Gasteiger partial charge in [-0.1, -0.05) is 50.2 Å². The number of fused-ring (bicyclic) bond motifs is 1. The van der Waals surface area contributed by atoms with E-state index in [9.17, 15) is 4.79 Å². The Morgan fingerprint density at radius 3 is 2.48 bits per heavy atom. The van der Waals surface area contributed by atoms with Crippen LogP contribution in [0.15, 0.2) is 48.5 Å². The smallest absolute Gasteiger partial charge is 0.224 e. The Kier molecular flexibility index (Phi) is 7.53. The number of amides is 1. The maximum absolute atomic E-state index is 13.0. The highest BCUT2D eigenvalue weighted by molar-refractivity contribution is 5.77. The van der Waals surface area contributed by atoms with Gasteiger partial charge < -0.3 is 20.1 Å². The van der Waals surface area contributed by atoms with Gasteiger partial charge >= 0.3 is 0 Å². The molecule has 0 saturated heterocycles. The molecule has 0 fully saturated rings. The summed E-state index contributed by atoms with van der Waals surface area (Å²) in [4.78, 5) is 14.9. The number of ether oxygens (including phenoxy) is 2. The van der Waals surface area contributed by atoms with Gasteiger partial charge in [-0.15, -0.1) is 0 Å². The van der Waals surface area contributed by atoms with E-state index in [4.69, 9.17) is 15.2 Å². The van der Waals surface area contributed by atoms with Gasteiger partial charge in [0.05, 0.1) is 13.2 Å². The van der Waals surface area contributed by atoms with Gasteiger partial charge in [0, 0.05) is 32.0 Å². The van der Waals surface area contributed by atoms with Crippen LogP contribution in [-0.2, 0) is 17.8 Å². The summed E-state index contributed by atoms with van der Waals surface area (Å²) >= 11 is 0. The Morgan fingerprint density at radius 2 is 1.76 bits per heavy atom. The van der Waals surface area contributed by atoms with Crippen molar-refractivity contribution in [2.45, 2.75) is 45.7 Å². The predicted octanol–water partition coefficient (Wildman–Crippen LogP) is 3.79. The molecule has 1 heterocycles. The number of carbonyl (C=O) groups excluding carboxylic acids is 1. The van der Waals surface area contributed by atoms with Crippen molar-refractivity contribution in [1.29, 1.82) is 0 Å². The van der Waals surface area contributed by atoms with Crippen LogP contribution in [0.1, 0.15) is 37.8 Å². The minimum atomic E-state index is -0.191. The zero-order valence-electron chi connectivity index (χ0n) is 17.5. The molecule has 2 aromatic carbocycles. The van der Waals surface area contributed by atoms with E-state index < -0.39 is 0 Å². The lowest BCUT2D eigenvalue weighted by Gasteiger charge is -2.26. The van der Waals surface area contributed by atoms with Crippen molar-refractivity contribution in [3.8, 4) is 11.5 Å². The molecule has 3 rings (SSSR count). The van der Waals surface area contributed by atoms with Gasteiger partial charge in [-0.05, 0) is 35.6 Å². The van der Waals surface area contributed by atoms with Gasteiger partial charge in [0.2, 0.25) is 5.91 Å². The number of nitrogens with two attached hydrogens (primary N) is 1. The Balaban J connectivity index is 1.65. The van der Waals surface area contributed by atoms with Crippen molar-refractivity contribution in [2.75, 3.05) is 19.8 Å². The van der Waals surface area contributed by atoms with Crippen molar-refractivity contribution >= 4 is 5.91 Å². The van der Waals surface area contributed by atoms with E-state index in [1.165, 1.54) is 0 Å². The highest BCUT2D eigenvalue weighted by Crippen LogP contribution is 2.31. The average molecular weight is 397 g/mol. The number of hydrogen-bond donors (Lipinski definition) is 1. The summed E-state index contributed by atoms with van der Waals surface area (Å²) in [5.74, 6) is 2.01. The number of nitrogens with zero attached hydrogens (tertiary/aromatic N) is 1. The molecule has 1 aliphatic rings. The van der Waals surface area contributed by atoms with E-state index in [0.29, 0.717) is 45.1 Å². The third-order valence-corrected chi connectivity index (χ3v) is 4.90. The van der Waals surface area contributed by atoms with Crippen LogP contribution < -0.4 is 15.2 Å². The lowest BCUT2D eigenvalue weighted by atomic mass is 10.0. The number of benzene rings is 2. The van der Waals surface area contributed by atoms with Gasteiger partial charge in [0.25, 0.3) is 0 Å². The topological polar surface area (TPSA) is 64.8 Å². The fourth-order valence-corrected chi connectivity index (χ4v) is 3.56. The van der Waals surface area contributed by atoms with E-state index in [1.54, 1.807) is 0 Å². The van der Waals surface area contributed by atoms with Gasteiger partial charge in [-0.25, -0.2) is 0 Å². The highest BCUT2D eigenvalue weighted by Gasteiger charge is 2.20. The van der Waals surface area contributed by atoms with Crippen LogP contribution in [0.25, 0.3) is 0 Å². The fourth-order valence-electron chi connectivity index (χ4n) is 3.56. The first-order chi connectivity index (χ1) is 14.0. The summed E-state index contributed by atoms with van der Waals surface area (Å²) in [6.07, 6.45) is 1.92. The molecule has 0 aliphatic carbocycles. The minimum absolute atomic E-state index is 0.0919. The third-order valence-electron chi connectivity index (χ3n) is 4.90. The second-order valence-corrected chi connectivity index (χ2v) is 8.15. The SMILES string of the molecule is CC(C)CN(Cc1ccc2c(c1)OCCCO2)C(=O)CC(N)Cc1ccccc1. The van der Waals surface area contributed by atoms with Crippen molar-refractivity contribution in [1.82, 2.24) is 4.90 Å². The lowest BCUT2D eigenvalue weighted by Crippen LogP contribution is -2.38. The van der Waals surface area contributed by atoms with Crippen LogP contribution in [0, 0.1) is 5.92 Å². The van der Waals surface area contributed by atoms with Crippen LogP contribution in [0.5, 0.6) is 11.5 Å². The molecule has 5 nitrogen and oxygen atoms in total. The van der Waals surface area contributed by atoms with E-state index in [1.807, 2.05) is 53.4 Å². The molecule has 2 aromatic rings. The van der Waals surface area contributed by atoms with Crippen LogP contribution >= 0.6 is 0 Å². The lowest BCUT2D eigenvalue weighted by molar-refractivity contribution is -0.132. The molecule has 0 spiro atoms. The molecule has 0 radical (unpaired) electrons. The minimum Gasteiger partial charge on any atom is -0.490 e. The van der Waals surface area contributed by atoms with Crippen molar-refractivity contribution in [3.63, 3.8) is 0 Å². The Morgan fingerprint density at radius 1 is 1.03 bits per heavy atom. The second kappa shape index (κ2) is 10.3. The van der Waals surface area contributed by atoms with E-state index in [0.717, 1.165) is 29.0 Å². The fraction of sp³-hybridized carbons (Fsp3) is 0.458. The molecule has 1 atom stereocenters. The summed E-state index contributed by atoms with van der Waals surface area (Å²) in [6, 6.07) is 15.8. The number of carbonyl (C=O) groups is 1. The molecule has 1 unspecified atom stereocenters. The molecular weight excluding hydrogens is 364 g/mol.